The zero-order valence-electron chi connectivity index (χ0n) is 24.4. The van der Waals surface area contributed by atoms with Crippen LogP contribution < -0.4 is 0 Å². The molecule has 0 amide bonds. The van der Waals surface area contributed by atoms with Gasteiger partial charge in [-0.2, -0.15) is 10.2 Å². The number of rotatable bonds is 8. The Morgan fingerprint density at radius 3 is 2.65 bits per heavy atom. The summed E-state index contributed by atoms with van der Waals surface area (Å²) in [6.45, 7) is 2.65. The molecular formula is C33H35FN6O2S. The Morgan fingerprint density at radius 1 is 1.16 bits per heavy atom. The van der Waals surface area contributed by atoms with Gasteiger partial charge in [-0.15, -0.1) is 0 Å². The number of carbonyl (C=O) groups excluding carboxylic acids is 1. The summed E-state index contributed by atoms with van der Waals surface area (Å²) in [7, 11) is -1.02. The fraction of sp³-hybridized carbons (Fsp3) is 0.364. The largest absolute Gasteiger partial charge is 0.291 e. The average molecular weight is 599 g/mol. The molecule has 0 saturated heterocycles. The highest BCUT2D eigenvalue weighted by molar-refractivity contribution is 7.98. The summed E-state index contributed by atoms with van der Waals surface area (Å²) in [6, 6.07) is 9.90. The van der Waals surface area contributed by atoms with Crippen molar-refractivity contribution < 1.29 is 13.4 Å². The molecule has 3 aromatic heterocycles. The molecule has 2 saturated carbocycles. The Labute approximate surface area is 251 Å². The summed E-state index contributed by atoms with van der Waals surface area (Å²) >= 11 is 0. The molecule has 3 aliphatic rings. The minimum absolute atomic E-state index is 0.0179. The molecule has 3 heterocycles. The molecule has 0 radical (unpaired) electrons. The Kier molecular flexibility index (Phi) is 6.74. The van der Waals surface area contributed by atoms with Crippen LogP contribution in [0.5, 0.6) is 0 Å². The highest BCUT2D eigenvalue weighted by atomic mass is 32.2. The van der Waals surface area contributed by atoms with Gasteiger partial charge in [-0.3, -0.25) is 14.5 Å². The van der Waals surface area contributed by atoms with E-state index in [9.17, 15) is 13.4 Å². The maximum Gasteiger partial charge on any atom is 0.191 e. The van der Waals surface area contributed by atoms with Gasteiger partial charge in [0.05, 0.1) is 43.8 Å². The standard InChI is InChI=1S/C33H35FN6O2S/c1-22-12-13-35-30(14-22)32(41)33-16-24-18-37-40(27-10-7-26(34)8-11-27)31(24)15-25(33)6-9-28(17-33)39(20-23-4-5-23)43(3,42)29-19-36-38(2)21-29/h7-8,10-15,18-19,21,23,28H,3-6,9,16-17,20H2,1-2H3/t28-,33-,43?/m0/s1. The SMILES string of the molecule is C=S(=O)(c1cnn(C)c1)N(CC1CC1)[C@H]1CCC2=Cc3c(cnn3-c3ccc(F)cc3)C[C@]2(C(=O)c2cc(C)ccn2)C1. The van der Waals surface area contributed by atoms with Crippen LogP contribution in [0.15, 0.2) is 71.7 Å². The molecule has 8 nitrogen and oxygen atoms in total. The van der Waals surface area contributed by atoms with E-state index in [-0.39, 0.29) is 17.6 Å². The van der Waals surface area contributed by atoms with Gasteiger partial charge in [-0.25, -0.2) is 17.6 Å². The summed E-state index contributed by atoms with van der Waals surface area (Å²) in [5, 5.41) is 8.95. The van der Waals surface area contributed by atoms with Crippen molar-refractivity contribution in [2.45, 2.75) is 56.4 Å². The number of aromatic nitrogens is 5. The second kappa shape index (κ2) is 10.4. The van der Waals surface area contributed by atoms with Crippen molar-refractivity contribution in [3.63, 3.8) is 0 Å². The molecule has 3 atom stereocenters. The molecule has 10 heteroatoms. The third-order valence-corrected chi connectivity index (χ3v) is 11.4. The van der Waals surface area contributed by atoms with Gasteiger partial charge in [-0.05, 0) is 111 Å². The van der Waals surface area contributed by atoms with Crippen molar-refractivity contribution in [3.05, 3.63) is 95.1 Å². The molecule has 1 unspecified atom stereocenters. The molecule has 2 fully saturated rings. The molecule has 43 heavy (non-hydrogen) atoms. The molecule has 0 bridgehead atoms. The molecule has 7 rings (SSSR count). The molecule has 1 aromatic carbocycles. The van der Waals surface area contributed by atoms with E-state index in [0.717, 1.165) is 47.3 Å². The van der Waals surface area contributed by atoms with Crippen LogP contribution in [0.25, 0.3) is 11.8 Å². The number of nitrogens with zero attached hydrogens (tertiary/aromatic N) is 6. The van der Waals surface area contributed by atoms with Crippen molar-refractivity contribution in [2.75, 3.05) is 6.54 Å². The normalized spacial score (nSPS) is 22.9. The van der Waals surface area contributed by atoms with Gasteiger partial charge in [0, 0.05) is 32.0 Å². The first-order valence-electron chi connectivity index (χ1n) is 14.8. The monoisotopic (exact) mass is 598 g/mol. The van der Waals surface area contributed by atoms with E-state index in [1.807, 2.05) is 37.0 Å². The van der Waals surface area contributed by atoms with Gasteiger partial charge >= 0.3 is 0 Å². The van der Waals surface area contributed by atoms with E-state index in [4.69, 9.17) is 0 Å². The van der Waals surface area contributed by atoms with Gasteiger partial charge in [0.2, 0.25) is 0 Å². The minimum Gasteiger partial charge on any atom is -0.291 e. The number of carbonyl (C=O) groups is 1. The number of benzene rings is 1. The zero-order chi connectivity index (χ0) is 29.9. The van der Waals surface area contributed by atoms with Crippen molar-refractivity contribution in [3.8, 4) is 5.69 Å². The van der Waals surface area contributed by atoms with Crippen LogP contribution in [-0.4, -0.2) is 57.3 Å². The number of hydrogen-bond acceptors (Lipinski definition) is 5. The van der Waals surface area contributed by atoms with E-state index >= 15 is 0 Å². The first-order valence-corrected chi connectivity index (χ1v) is 16.5. The maximum atomic E-state index is 14.7. The topological polar surface area (TPSA) is 85.9 Å². The average Bonchev–Trinajstić information content (AvgIpc) is 3.57. The van der Waals surface area contributed by atoms with E-state index in [1.165, 1.54) is 12.1 Å². The summed E-state index contributed by atoms with van der Waals surface area (Å²) in [4.78, 5) is 19.8. The summed E-state index contributed by atoms with van der Waals surface area (Å²) in [5.74, 6) is 4.44. The van der Waals surface area contributed by atoms with Crippen molar-refractivity contribution in [1.82, 2.24) is 28.9 Å². The van der Waals surface area contributed by atoms with Crippen LogP contribution in [0.4, 0.5) is 4.39 Å². The molecule has 0 N–H and O–H groups in total. The maximum absolute atomic E-state index is 14.7. The predicted octanol–water partition coefficient (Wildman–Crippen LogP) is 5.21. The second-order valence-corrected chi connectivity index (χ2v) is 14.6. The number of Topliss-reactive ketones (excluding diaryl/α,β-unsaturated/α-hetero) is 1. The first kappa shape index (κ1) is 27.9. The summed E-state index contributed by atoms with van der Waals surface area (Å²) in [6.07, 6.45) is 13.7. The number of fused-ring (bicyclic) bond motifs is 2. The Balaban J connectivity index is 1.32. The number of hydrogen-bond donors (Lipinski definition) is 0. The van der Waals surface area contributed by atoms with E-state index in [2.05, 4.69) is 31.4 Å². The molecule has 3 aliphatic carbocycles. The summed E-state index contributed by atoms with van der Waals surface area (Å²) in [5.41, 5.74) is 4.21. The van der Waals surface area contributed by atoms with Crippen LogP contribution in [-0.2, 0) is 23.2 Å². The third-order valence-electron chi connectivity index (χ3n) is 9.26. The van der Waals surface area contributed by atoms with Crippen molar-refractivity contribution in [2.24, 2.45) is 18.4 Å². The van der Waals surface area contributed by atoms with Crippen molar-refractivity contribution in [1.29, 1.82) is 0 Å². The molecule has 0 spiro atoms. The Hall–Kier alpha value is -3.89. The van der Waals surface area contributed by atoms with Gasteiger partial charge in [0.15, 0.2) is 5.78 Å². The van der Waals surface area contributed by atoms with Gasteiger partial charge < -0.3 is 0 Å². The fourth-order valence-corrected chi connectivity index (χ4v) is 8.70. The molecular weight excluding hydrogens is 563 g/mol. The quantitative estimate of drug-likeness (QED) is 0.205. The minimum atomic E-state index is -2.84. The van der Waals surface area contributed by atoms with E-state index in [0.29, 0.717) is 42.3 Å². The highest BCUT2D eigenvalue weighted by Gasteiger charge is 2.51. The number of allylic oxidation sites excluding steroid dienone is 1. The molecule has 0 aliphatic heterocycles. The number of ketones is 1. The highest BCUT2D eigenvalue weighted by Crippen LogP contribution is 2.52. The Morgan fingerprint density at radius 2 is 1.95 bits per heavy atom. The lowest BCUT2D eigenvalue weighted by atomic mass is 9.60. The second-order valence-electron chi connectivity index (χ2n) is 12.3. The molecule has 222 valence electrons. The van der Waals surface area contributed by atoms with Gasteiger partial charge in [-0.1, -0.05) is 5.57 Å². The van der Waals surface area contributed by atoms with E-state index in [1.54, 1.807) is 35.4 Å². The fourth-order valence-electron chi connectivity index (χ4n) is 6.79. The number of halogens is 1. The number of aryl methyl sites for hydroxylation is 2. The zero-order valence-corrected chi connectivity index (χ0v) is 25.3. The van der Waals surface area contributed by atoms with Crippen LogP contribution in [0.2, 0.25) is 0 Å². The lowest BCUT2D eigenvalue weighted by Gasteiger charge is -2.47. The summed E-state index contributed by atoms with van der Waals surface area (Å²) < 4.78 is 33.8. The van der Waals surface area contributed by atoms with Gasteiger partial charge in [0.25, 0.3) is 0 Å². The van der Waals surface area contributed by atoms with E-state index < -0.39 is 15.1 Å². The van der Waals surface area contributed by atoms with Crippen LogP contribution in [0.1, 0.15) is 59.4 Å². The van der Waals surface area contributed by atoms with Crippen molar-refractivity contribution >= 4 is 27.4 Å². The van der Waals surface area contributed by atoms with Crippen LogP contribution in [0, 0.1) is 24.1 Å². The van der Waals surface area contributed by atoms with Gasteiger partial charge in [0.1, 0.15) is 11.5 Å². The molecule has 4 aromatic rings. The smallest absolute Gasteiger partial charge is 0.191 e. The predicted molar refractivity (Wildman–Crippen MR) is 165 cm³/mol. The third kappa shape index (κ3) is 4.96. The first-order chi connectivity index (χ1) is 20.6. The Bertz CT molecular complexity index is 1850. The lowest BCUT2D eigenvalue weighted by molar-refractivity contribution is 0.0738. The number of pyridine rings is 1. The lowest BCUT2D eigenvalue weighted by Crippen LogP contribution is -2.51. The van der Waals surface area contributed by atoms with Crippen LogP contribution in [0.3, 0.4) is 0 Å². The van der Waals surface area contributed by atoms with Crippen LogP contribution >= 0.6 is 0 Å².